The fraction of sp³-hybridized carbons (Fsp3) is 0.188. The van der Waals surface area contributed by atoms with Crippen molar-refractivity contribution in [3.8, 4) is 5.75 Å². The first-order valence-electron chi connectivity index (χ1n) is 7.14. The summed E-state index contributed by atoms with van der Waals surface area (Å²) in [6.07, 6.45) is 3.38. The molecule has 130 valence electrons. The molecule has 0 spiro atoms. The van der Waals surface area contributed by atoms with Crippen LogP contribution in [0.5, 0.6) is 5.75 Å². The van der Waals surface area contributed by atoms with Crippen molar-refractivity contribution in [2.24, 2.45) is 5.10 Å². The lowest BCUT2D eigenvalue weighted by Crippen LogP contribution is -2.42. The Labute approximate surface area is 142 Å². The van der Waals surface area contributed by atoms with Crippen LogP contribution in [0.15, 0.2) is 41.5 Å². The lowest BCUT2D eigenvalue weighted by molar-refractivity contribution is -0.147. The monoisotopic (exact) mass is 345 g/mol. The van der Waals surface area contributed by atoms with E-state index in [1.807, 2.05) is 0 Å². The Hall–Kier alpha value is -3.49. The minimum absolute atomic E-state index is 0.585. The van der Waals surface area contributed by atoms with Crippen LogP contribution in [0.3, 0.4) is 0 Å². The summed E-state index contributed by atoms with van der Waals surface area (Å²) in [6.45, 7) is -1.28. The van der Waals surface area contributed by atoms with Crippen LogP contribution >= 0.6 is 0 Å². The van der Waals surface area contributed by atoms with Gasteiger partial charge >= 0.3 is 5.97 Å². The van der Waals surface area contributed by atoms with Crippen LogP contribution in [0.2, 0.25) is 0 Å². The Morgan fingerprint density at radius 2 is 1.80 bits per heavy atom. The van der Waals surface area contributed by atoms with E-state index >= 15 is 0 Å². The summed E-state index contributed by atoms with van der Waals surface area (Å²) in [5.41, 5.74) is 0.610. The third-order valence-corrected chi connectivity index (χ3v) is 3.23. The fourth-order valence-electron chi connectivity index (χ4n) is 1.95. The zero-order valence-corrected chi connectivity index (χ0v) is 13.3. The van der Waals surface area contributed by atoms with Crippen LogP contribution in [0, 0.1) is 0 Å². The second-order valence-electron chi connectivity index (χ2n) is 4.96. The number of carboxylic acid groups (broad SMARTS) is 1. The molecule has 0 unspecified atom stereocenters. The van der Waals surface area contributed by atoms with Gasteiger partial charge in [-0.2, -0.15) is 5.10 Å². The van der Waals surface area contributed by atoms with Gasteiger partial charge in [0, 0.05) is 12.2 Å². The quantitative estimate of drug-likeness (QED) is 0.418. The van der Waals surface area contributed by atoms with Gasteiger partial charge in [-0.3, -0.25) is 24.1 Å². The maximum Gasteiger partial charge on any atom is 0.325 e. The lowest BCUT2D eigenvalue weighted by Gasteiger charge is -2.18. The first-order chi connectivity index (χ1) is 11.9. The molecule has 0 aromatic heterocycles. The first-order valence-corrected chi connectivity index (χ1v) is 7.14. The average molecular weight is 345 g/mol. The van der Waals surface area contributed by atoms with Crippen molar-refractivity contribution in [2.75, 3.05) is 20.2 Å². The summed E-state index contributed by atoms with van der Waals surface area (Å²) in [5, 5.41) is 13.5. The molecule has 2 rings (SSSR count). The molecule has 1 N–H and O–H groups in total. The Balaban J connectivity index is 2.10. The van der Waals surface area contributed by atoms with Crippen LogP contribution in [0.4, 0.5) is 0 Å². The molecule has 0 bridgehead atoms. The maximum absolute atomic E-state index is 12.2. The number of benzene rings is 1. The highest BCUT2D eigenvalue weighted by molar-refractivity contribution is 6.14. The topological polar surface area (TPSA) is 117 Å². The van der Waals surface area contributed by atoms with E-state index in [2.05, 4.69) is 5.10 Å². The third-order valence-electron chi connectivity index (χ3n) is 3.23. The number of hydrogen-bond donors (Lipinski definition) is 1. The van der Waals surface area contributed by atoms with Gasteiger partial charge in [-0.25, -0.2) is 5.01 Å². The average Bonchev–Trinajstić information content (AvgIpc) is 2.90. The Morgan fingerprint density at radius 1 is 1.20 bits per heavy atom. The van der Waals surface area contributed by atoms with Gasteiger partial charge in [-0.1, -0.05) is 0 Å². The molecule has 1 aromatic rings. The predicted molar refractivity (Wildman–Crippen MR) is 85.8 cm³/mol. The van der Waals surface area contributed by atoms with E-state index in [4.69, 9.17) is 9.84 Å². The van der Waals surface area contributed by atoms with E-state index in [0.717, 1.165) is 12.2 Å². The van der Waals surface area contributed by atoms with Crippen molar-refractivity contribution in [3.63, 3.8) is 0 Å². The van der Waals surface area contributed by atoms with Crippen LogP contribution in [0.1, 0.15) is 5.56 Å². The van der Waals surface area contributed by atoms with Gasteiger partial charge in [0.1, 0.15) is 18.8 Å². The van der Waals surface area contributed by atoms with E-state index in [-0.39, 0.29) is 0 Å². The molecule has 0 saturated heterocycles. The molecule has 0 aliphatic carbocycles. The van der Waals surface area contributed by atoms with Crippen molar-refractivity contribution in [1.29, 1.82) is 0 Å². The van der Waals surface area contributed by atoms with E-state index in [1.54, 1.807) is 24.3 Å². The number of carboxylic acids is 1. The molecular weight excluding hydrogens is 330 g/mol. The van der Waals surface area contributed by atoms with Crippen molar-refractivity contribution >= 4 is 29.9 Å². The Bertz CT molecular complexity index is 736. The predicted octanol–water partition coefficient (Wildman–Crippen LogP) is -0.133. The fourth-order valence-corrected chi connectivity index (χ4v) is 1.95. The molecule has 1 aliphatic rings. The molecule has 3 amide bonds. The molecule has 9 nitrogen and oxygen atoms in total. The van der Waals surface area contributed by atoms with Gasteiger partial charge < -0.3 is 9.84 Å². The number of hydrogen-bond acceptors (Lipinski definition) is 6. The normalized spacial score (nSPS) is 13.6. The molecule has 1 aromatic carbocycles. The highest BCUT2D eigenvalue weighted by atomic mass is 16.5. The molecule has 25 heavy (non-hydrogen) atoms. The van der Waals surface area contributed by atoms with Crippen molar-refractivity contribution in [1.82, 2.24) is 9.91 Å². The second-order valence-corrected chi connectivity index (χ2v) is 4.96. The van der Waals surface area contributed by atoms with Gasteiger partial charge in [0.05, 0.1) is 13.3 Å². The number of carbonyl (C=O) groups is 4. The van der Waals surface area contributed by atoms with Gasteiger partial charge in [0.25, 0.3) is 17.7 Å². The van der Waals surface area contributed by atoms with Crippen molar-refractivity contribution < 1.29 is 29.0 Å². The molecule has 0 fully saturated rings. The summed E-state index contributed by atoms with van der Waals surface area (Å²) in [5.74, 6) is -2.70. The SMILES string of the molecule is COc1ccc(/C=N/N(CC(=O)O)C(=O)CN2C(=O)C=CC2=O)cc1. The summed E-state index contributed by atoms with van der Waals surface area (Å²) in [7, 11) is 1.52. The standard InChI is InChI=1S/C16H15N3O6/c1-25-12-4-2-11(3-5-12)8-17-19(10-16(23)24)15(22)9-18-13(20)6-7-14(18)21/h2-8H,9-10H2,1H3,(H,23,24)/b17-8+. The molecule has 1 aliphatic heterocycles. The number of nitrogens with zero attached hydrogens (tertiary/aromatic N) is 3. The largest absolute Gasteiger partial charge is 0.497 e. The van der Waals surface area contributed by atoms with Crippen LogP contribution in [-0.4, -0.2) is 65.1 Å². The van der Waals surface area contributed by atoms with Gasteiger partial charge in [0.15, 0.2) is 0 Å². The van der Waals surface area contributed by atoms with Crippen LogP contribution in [-0.2, 0) is 19.2 Å². The lowest BCUT2D eigenvalue weighted by atomic mass is 10.2. The number of carbonyl (C=O) groups excluding carboxylic acids is 3. The zero-order valence-electron chi connectivity index (χ0n) is 13.3. The minimum atomic E-state index is -1.28. The van der Waals surface area contributed by atoms with E-state index < -0.39 is 36.8 Å². The minimum Gasteiger partial charge on any atom is -0.497 e. The maximum atomic E-state index is 12.2. The van der Waals surface area contributed by atoms with Crippen molar-refractivity contribution in [2.45, 2.75) is 0 Å². The Morgan fingerprint density at radius 3 is 2.32 bits per heavy atom. The van der Waals surface area contributed by atoms with E-state index in [0.29, 0.717) is 21.2 Å². The number of aliphatic carboxylic acids is 1. The van der Waals surface area contributed by atoms with Gasteiger partial charge in [0.2, 0.25) is 0 Å². The smallest absolute Gasteiger partial charge is 0.325 e. The van der Waals surface area contributed by atoms with E-state index in [1.165, 1.54) is 13.3 Å². The van der Waals surface area contributed by atoms with Crippen LogP contribution in [0.25, 0.3) is 0 Å². The third kappa shape index (κ3) is 4.74. The zero-order chi connectivity index (χ0) is 18.4. The Kier molecular flexibility index (Phi) is 5.62. The first kappa shape index (κ1) is 17.9. The number of ether oxygens (including phenoxy) is 1. The second kappa shape index (κ2) is 7.86. The number of hydrazone groups is 1. The van der Waals surface area contributed by atoms with Gasteiger partial charge in [-0.05, 0) is 29.8 Å². The number of imide groups is 1. The molecular formula is C16H15N3O6. The molecule has 9 heteroatoms. The van der Waals surface area contributed by atoms with Gasteiger partial charge in [-0.15, -0.1) is 0 Å². The summed E-state index contributed by atoms with van der Waals surface area (Å²) < 4.78 is 5.02. The number of rotatable bonds is 7. The van der Waals surface area contributed by atoms with Crippen molar-refractivity contribution in [3.05, 3.63) is 42.0 Å². The van der Waals surface area contributed by atoms with Crippen LogP contribution < -0.4 is 4.74 Å². The molecule has 1 heterocycles. The summed E-state index contributed by atoms with van der Waals surface area (Å²) in [4.78, 5) is 46.8. The number of amides is 3. The number of methoxy groups -OCH3 is 1. The highest BCUT2D eigenvalue weighted by Gasteiger charge is 2.28. The molecule has 0 atom stereocenters. The van der Waals surface area contributed by atoms with E-state index in [9.17, 15) is 19.2 Å². The highest BCUT2D eigenvalue weighted by Crippen LogP contribution is 2.10. The molecule has 0 saturated carbocycles. The summed E-state index contributed by atoms with van der Waals surface area (Å²) in [6, 6.07) is 6.70. The molecule has 0 radical (unpaired) electrons. The summed E-state index contributed by atoms with van der Waals surface area (Å²) >= 11 is 0.